The topological polar surface area (TPSA) is 85.2 Å². The van der Waals surface area contributed by atoms with Crippen molar-refractivity contribution in [3.05, 3.63) is 52.3 Å². The van der Waals surface area contributed by atoms with Crippen LogP contribution in [0.2, 0.25) is 4.34 Å². The van der Waals surface area contributed by atoms with E-state index in [1.165, 1.54) is 4.90 Å². The average molecular weight is 637 g/mol. The molecule has 0 N–H and O–H groups in total. The minimum atomic E-state index is -1.02. The molecule has 6 heterocycles. The smallest absolute Gasteiger partial charge is 0.282 e. The first-order valence-electron chi connectivity index (χ1n) is 15.1. The third-order valence-corrected chi connectivity index (χ3v) is 10.6. The first-order valence-corrected chi connectivity index (χ1v) is 16.3. The molecule has 2 fully saturated rings. The number of ether oxygens (including phenoxy) is 2. The Morgan fingerprint density at radius 2 is 2.18 bits per heavy atom. The Kier molecular flexibility index (Phi) is 7.77. The molecule has 7 rings (SSSR count). The van der Waals surface area contributed by atoms with Crippen molar-refractivity contribution in [1.29, 1.82) is 5.26 Å². The van der Waals surface area contributed by atoms with E-state index in [4.69, 9.17) is 26.1 Å². The number of nitrogens with zero attached hydrogens (tertiary/aromatic N) is 6. The minimum absolute atomic E-state index is 0.0874. The summed E-state index contributed by atoms with van der Waals surface area (Å²) in [6, 6.07) is 10.1. The highest BCUT2D eigenvalue weighted by molar-refractivity contribution is 7.22. The molecule has 9 nitrogen and oxygen atoms in total. The maximum atomic E-state index is 14.0. The fourth-order valence-electron chi connectivity index (χ4n) is 7.14. The minimum Gasteiger partial charge on any atom is -0.484 e. The van der Waals surface area contributed by atoms with Crippen LogP contribution in [0.3, 0.4) is 0 Å². The number of rotatable bonds is 6. The highest BCUT2D eigenvalue weighted by atomic mass is 35.5. The van der Waals surface area contributed by atoms with Gasteiger partial charge < -0.3 is 29.1 Å². The number of amides is 1. The van der Waals surface area contributed by atoms with Gasteiger partial charge in [-0.1, -0.05) is 24.2 Å². The molecule has 1 aromatic carbocycles. The normalized spacial score (nSPS) is 23.0. The molecular formula is C32H34ClFN6O3S. The number of carbonyl (C=O) groups is 1. The molecule has 1 amide bonds. The Labute approximate surface area is 265 Å². The summed E-state index contributed by atoms with van der Waals surface area (Å²) in [5.74, 6) is -0.694. The van der Waals surface area contributed by atoms with Crippen molar-refractivity contribution in [2.45, 2.75) is 50.4 Å². The molecule has 2 saturated heterocycles. The lowest BCUT2D eigenvalue weighted by Crippen LogP contribution is -2.63. The Morgan fingerprint density at radius 1 is 1.32 bits per heavy atom. The molecule has 3 atom stereocenters. The molecule has 2 aromatic heterocycles. The van der Waals surface area contributed by atoms with Crippen molar-refractivity contribution in [2.24, 2.45) is 0 Å². The highest BCUT2D eigenvalue weighted by Gasteiger charge is 2.44. The molecule has 4 aliphatic rings. The van der Waals surface area contributed by atoms with E-state index in [2.05, 4.69) is 52.6 Å². The number of hydrogen-bond acceptors (Lipinski definition) is 9. The zero-order valence-corrected chi connectivity index (χ0v) is 26.2. The summed E-state index contributed by atoms with van der Waals surface area (Å²) in [5, 5.41) is 10.7. The van der Waals surface area contributed by atoms with Crippen LogP contribution in [0.15, 0.2) is 36.7 Å². The zero-order chi connectivity index (χ0) is 30.5. The van der Waals surface area contributed by atoms with Crippen LogP contribution < -0.4 is 19.3 Å². The second kappa shape index (κ2) is 11.7. The summed E-state index contributed by atoms with van der Waals surface area (Å²) in [4.78, 5) is 26.2. The molecule has 0 spiro atoms. The quantitative estimate of drug-likeness (QED) is 0.343. The van der Waals surface area contributed by atoms with Gasteiger partial charge in [0, 0.05) is 47.0 Å². The summed E-state index contributed by atoms with van der Waals surface area (Å²) >= 11 is 7.97. The molecule has 230 valence electrons. The molecule has 1 unspecified atom stereocenters. The number of halogens is 2. The van der Waals surface area contributed by atoms with Crippen LogP contribution in [0, 0.1) is 11.3 Å². The Bertz CT molecular complexity index is 1680. The third kappa shape index (κ3) is 5.13. The maximum Gasteiger partial charge on any atom is 0.282 e. The standard InChI is InChI=1S/C32H34ClFN6O3S/c1-19(34)32(41)40-15-22-18-42-30-29(39(22)14-20(40)8-10-35)23-9-12-38(26-6-3-7-27-24(26)13-28(33)44-27)16-25(23)36-31(30)43-17-21-5-4-11-37(21)2/h3,6-7,13,20-22H,1,4-5,8-9,11-12,14-18H2,2H3/t20-,21-,22?/m0/s1. The number of likely N-dealkylation sites (tertiary alicyclic amines) is 1. The number of likely N-dealkylation sites (N-methyl/N-ethyl adjacent to an activating group) is 1. The lowest BCUT2D eigenvalue weighted by Gasteiger charge is -2.50. The molecular weight excluding hydrogens is 603 g/mol. The summed E-state index contributed by atoms with van der Waals surface area (Å²) in [7, 11) is 2.12. The van der Waals surface area contributed by atoms with Gasteiger partial charge in [-0.25, -0.2) is 9.37 Å². The van der Waals surface area contributed by atoms with Crippen LogP contribution in [0.5, 0.6) is 11.6 Å². The van der Waals surface area contributed by atoms with Crippen LogP contribution in [0.4, 0.5) is 15.8 Å². The average Bonchev–Trinajstić information content (AvgIpc) is 3.62. The Hall–Kier alpha value is -3.59. The van der Waals surface area contributed by atoms with Crippen molar-refractivity contribution in [3.63, 3.8) is 0 Å². The van der Waals surface area contributed by atoms with Gasteiger partial charge in [0.25, 0.3) is 11.8 Å². The number of aromatic nitrogens is 1. The molecule has 4 aliphatic heterocycles. The number of piperazine rings is 1. The van der Waals surface area contributed by atoms with E-state index in [0.717, 1.165) is 69.4 Å². The number of pyridine rings is 1. The highest BCUT2D eigenvalue weighted by Crippen LogP contribution is 2.48. The van der Waals surface area contributed by atoms with Crippen LogP contribution in [-0.4, -0.2) is 85.3 Å². The number of thiophene rings is 1. The van der Waals surface area contributed by atoms with E-state index in [9.17, 15) is 14.4 Å². The predicted molar refractivity (Wildman–Crippen MR) is 170 cm³/mol. The summed E-state index contributed by atoms with van der Waals surface area (Å²) in [6.07, 6.45) is 3.02. The van der Waals surface area contributed by atoms with Crippen molar-refractivity contribution < 1.29 is 18.7 Å². The van der Waals surface area contributed by atoms with Crippen molar-refractivity contribution in [2.75, 3.05) is 56.2 Å². The lowest BCUT2D eigenvalue weighted by atomic mass is 9.95. The van der Waals surface area contributed by atoms with Crippen molar-refractivity contribution >= 4 is 50.3 Å². The van der Waals surface area contributed by atoms with Crippen molar-refractivity contribution in [3.8, 4) is 17.7 Å². The first kappa shape index (κ1) is 29.1. The molecule has 12 heteroatoms. The van der Waals surface area contributed by atoms with E-state index in [-0.39, 0.29) is 19.0 Å². The van der Waals surface area contributed by atoms with Gasteiger partial charge in [0.1, 0.15) is 13.2 Å². The fraction of sp³-hybridized carbons (Fsp3) is 0.469. The third-order valence-electron chi connectivity index (χ3n) is 9.41. The number of hydrogen-bond donors (Lipinski definition) is 0. The van der Waals surface area contributed by atoms with Crippen LogP contribution in [-0.2, 0) is 17.8 Å². The van der Waals surface area contributed by atoms with E-state index < -0.39 is 17.8 Å². The van der Waals surface area contributed by atoms with Gasteiger partial charge in [-0.05, 0) is 51.1 Å². The first-order chi connectivity index (χ1) is 21.3. The molecule has 0 saturated carbocycles. The predicted octanol–water partition coefficient (Wildman–Crippen LogP) is 5.16. The molecule has 3 aromatic rings. The van der Waals surface area contributed by atoms with E-state index in [0.29, 0.717) is 44.0 Å². The number of carbonyl (C=O) groups excluding carboxylic acids is 1. The molecule has 0 radical (unpaired) electrons. The number of fused-ring (bicyclic) bond motifs is 6. The SMILES string of the molecule is C=C(F)C(=O)N1CC2COc3c(OC[C@@H]4CCCN4C)nc4c(c3N2C[C@@H]1CC#N)CCN(c1cccc2sc(Cl)cc12)C4. The summed E-state index contributed by atoms with van der Waals surface area (Å²) in [6.45, 7) is 7.04. The van der Waals surface area contributed by atoms with Gasteiger partial charge in [-0.3, -0.25) is 4.79 Å². The van der Waals surface area contributed by atoms with Gasteiger partial charge in [0.05, 0.1) is 46.8 Å². The number of anilines is 2. The largest absolute Gasteiger partial charge is 0.484 e. The van der Waals surface area contributed by atoms with E-state index >= 15 is 0 Å². The van der Waals surface area contributed by atoms with E-state index in [1.807, 2.05) is 6.07 Å². The van der Waals surface area contributed by atoms with Crippen LogP contribution >= 0.6 is 22.9 Å². The Morgan fingerprint density at radius 3 is 2.95 bits per heavy atom. The lowest BCUT2D eigenvalue weighted by molar-refractivity contribution is -0.132. The van der Waals surface area contributed by atoms with Gasteiger partial charge in [0.15, 0.2) is 5.83 Å². The van der Waals surface area contributed by atoms with Gasteiger partial charge in [-0.15, -0.1) is 11.3 Å². The van der Waals surface area contributed by atoms with Crippen molar-refractivity contribution in [1.82, 2.24) is 14.8 Å². The van der Waals surface area contributed by atoms with Crippen LogP contribution in [0.25, 0.3) is 10.1 Å². The van der Waals surface area contributed by atoms with Gasteiger partial charge >= 0.3 is 0 Å². The van der Waals surface area contributed by atoms with Gasteiger partial charge in [-0.2, -0.15) is 5.26 Å². The number of nitriles is 1. The Balaban J connectivity index is 1.27. The molecule has 44 heavy (non-hydrogen) atoms. The second-order valence-electron chi connectivity index (χ2n) is 12.0. The zero-order valence-electron chi connectivity index (χ0n) is 24.6. The molecule has 0 aliphatic carbocycles. The summed E-state index contributed by atoms with van der Waals surface area (Å²) < 4.78 is 28.8. The fourth-order valence-corrected chi connectivity index (χ4v) is 8.30. The number of benzene rings is 1. The molecule has 0 bridgehead atoms. The monoisotopic (exact) mass is 636 g/mol. The van der Waals surface area contributed by atoms with Gasteiger partial charge in [0.2, 0.25) is 5.75 Å². The van der Waals surface area contributed by atoms with Crippen LogP contribution in [0.1, 0.15) is 30.5 Å². The summed E-state index contributed by atoms with van der Waals surface area (Å²) in [5.41, 5.74) is 4.05. The maximum absolute atomic E-state index is 14.0. The second-order valence-corrected chi connectivity index (χ2v) is 13.7. The van der Waals surface area contributed by atoms with E-state index in [1.54, 1.807) is 11.3 Å².